The van der Waals surface area contributed by atoms with E-state index in [1.54, 1.807) is 17.3 Å². The van der Waals surface area contributed by atoms with Gasteiger partial charge in [0, 0.05) is 35.2 Å². The van der Waals surface area contributed by atoms with Crippen LogP contribution >= 0.6 is 11.9 Å². The molecule has 1 saturated carbocycles. The van der Waals surface area contributed by atoms with Gasteiger partial charge in [0.2, 0.25) is 11.8 Å². The molecule has 4 aromatic rings. The molecular weight excluding hydrogens is 534 g/mol. The molecule has 1 aliphatic heterocycles. The summed E-state index contributed by atoms with van der Waals surface area (Å²) in [7, 11) is 2.07. The van der Waals surface area contributed by atoms with E-state index in [0.29, 0.717) is 36.5 Å². The van der Waals surface area contributed by atoms with E-state index in [-0.39, 0.29) is 12.5 Å². The van der Waals surface area contributed by atoms with Crippen LogP contribution in [0.2, 0.25) is 0 Å². The minimum Gasteiger partial charge on any atom is -0.476 e. The zero-order chi connectivity index (χ0) is 28.3. The average molecular weight is 568 g/mol. The maximum absolute atomic E-state index is 13.8. The number of benzene rings is 2. The third-order valence-corrected chi connectivity index (χ3v) is 8.46. The van der Waals surface area contributed by atoms with Crippen LogP contribution in [0.5, 0.6) is 5.88 Å². The molecule has 1 fully saturated rings. The number of rotatable bonds is 5. The van der Waals surface area contributed by atoms with Crippen molar-refractivity contribution in [1.82, 2.24) is 24.8 Å². The Morgan fingerprint density at radius 2 is 1.85 bits per heavy atom. The number of hydrogen-bond donors (Lipinski definition) is 1. The minimum absolute atomic E-state index is 0.0936. The summed E-state index contributed by atoms with van der Waals surface area (Å²) in [4.78, 5) is 37.3. The third kappa shape index (κ3) is 5.97. The summed E-state index contributed by atoms with van der Waals surface area (Å²) in [6, 6.07) is 16.1. The Hall–Kier alpha value is -4.18. The van der Waals surface area contributed by atoms with E-state index in [2.05, 4.69) is 52.6 Å². The fourth-order valence-corrected chi connectivity index (χ4v) is 5.81. The van der Waals surface area contributed by atoms with Gasteiger partial charge in [-0.15, -0.1) is 0 Å². The lowest BCUT2D eigenvalue weighted by Gasteiger charge is -2.35. The molecule has 0 saturated heterocycles. The second kappa shape index (κ2) is 11.7. The van der Waals surface area contributed by atoms with Gasteiger partial charge in [-0.1, -0.05) is 24.3 Å². The summed E-state index contributed by atoms with van der Waals surface area (Å²) in [6.07, 6.45) is 7.11. The van der Waals surface area contributed by atoms with E-state index in [1.165, 1.54) is 31.2 Å². The number of anilines is 2. The molecule has 1 N–H and O–H groups in total. The highest BCUT2D eigenvalue weighted by Crippen LogP contribution is 2.31. The summed E-state index contributed by atoms with van der Waals surface area (Å²) < 4.78 is 9.40. The Morgan fingerprint density at radius 3 is 2.63 bits per heavy atom. The first kappa shape index (κ1) is 27.0. The summed E-state index contributed by atoms with van der Waals surface area (Å²) in [6.45, 7) is 5.08. The molecule has 2 aromatic heterocycles. The molecule has 4 bridgehead atoms. The summed E-state index contributed by atoms with van der Waals surface area (Å²) >= 11 is 1.36. The highest BCUT2D eigenvalue weighted by Gasteiger charge is 2.24. The molecule has 2 aromatic carbocycles. The quantitative estimate of drug-likeness (QED) is 0.305. The van der Waals surface area contributed by atoms with Gasteiger partial charge in [0.1, 0.15) is 12.4 Å². The molecule has 1 aliphatic carbocycles. The second-order valence-electron chi connectivity index (χ2n) is 10.6. The maximum atomic E-state index is 13.8. The van der Waals surface area contributed by atoms with Crippen LogP contribution in [0.3, 0.4) is 0 Å². The van der Waals surface area contributed by atoms with Crippen LogP contribution in [0.25, 0.3) is 11.3 Å². The molecule has 3 heterocycles. The summed E-state index contributed by atoms with van der Waals surface area (Å²) in [5, 5.41) is 0. The number of nitrogens with zero attached hydrogens (tertiary/aromatic N) is 6. The van der Waals surface area contributed by atoms with Crippen molar-refractivity contribution >= 4 is 29.6 Å². The molecular formula is C31H33N7O2S. The molecule has 10 heteroatoms. The first-order chi connectivity index (χ1) is 19.9. The Kier molecular flexibility index (Phi) is 7.74. The number of aromatic nitrogens is 4. The van der Waals surface area contributed by atoms with Crippen LogP contribution in [0, 0.1) is 13.8 Å². The fourth-order valence-electron chi connectivity index (χ4n) is 5.18. The average Bonchev–Trinajstić information content (AvgIpc) is 2.94. The lowest BCUT2D eigenvalue weighted by molar-refractivity contribution is 0.0712. The van der Waals surface area contributed by atoms with Gasteiger partial charge in [-0.3, -0.25) is 14.5 Å². The van der Waals surface area contributed by atoms with Crippen LogP contribution in [0.1, 0.15) is 46.4 Å². The fraction of sp³-hybridized carbons (Fsp3) is 0.323. The van der Waals surface area contributed by atoms with E-state index < -0.39 is 0 Å². The van der Waals surface area contributed by atoms with Crippen molar-refractivity contribution in [3.8, 4) is 17.1 Å². The largest absolute Gasteiger partial charge is 0.476 e. The van der Waals surface area contributed by atoms with Crippen LogP contribution in [-0.4, -0.2) is 57.0 Å². The van der Waals surface area contributed by atoms with Crippen molar-refractivity contribution in [2.45, 2.75) is 50.6 Å². The standard InChI is InChI=1S/C31H33N7O2S/c1-20-7-4-8-21(2)29(20)26-16-28-35-31(34-26)36-41-25-12-5-9-22(15-25)30(39)38(13-14-40-28)19-23-17-32-18-27(33-23)37(3)24-10-6-11-24/h4-5,7-9,12,15-18,24H,6,10-11,13-14,19H2,1-3H3,(H,34,35,36). The smallest absolute Gasteiger partial charge is 0.254 e. The number of aryl methyl sites for hydroxylation is 2. The first-order valence-corrected chi connectivity index (χ1v) is 14.7. The molecule has 2 aliphatic rings. The number of hydrogen-bond acceptors (Lipinski definition) is 9. The first-order valence-electron chi connectivity index (χ1n) is 13.9. The van der Waals surface area contributed by atoms with Gasteiger partial charge in [-0.2, -0.15) is 4.98 Å². The van der Waals surface area contributed by atoms with Gasteiger partial charge >= 0.3 is 0 Å². The van der Waals surface area contributed by atoms with Crippen molar-refractivity contribution < 1.29 is 9.53 Å². The number of fused-ring (bicyclic) bond motifs is 4. The van der Waals surface area contributed by atoms with E-state index in [9.17, 15) is 4.79 Å². The van der Waals surface area contributed by atoms with Gasteiger partial charge in [-0.25, -0.2) is 9.97 Å². The molecule has 0 unspecified atom stereocenters. The van der Waals surface area contributed by atoms with Crippen LogP contribution in [0.15, 0.2) is 65.8 Å². The highest BCUT2D eigenvalue weighted by molar-refractivity contribution is 8.00. The highest BCUT2D eigenvalue weighted by atomic mass is 32.2. The van der Waals surface area contributed by atoms with E-state index in [4.69, 9.17) is 14.7 Å². The Labute approximate surface area is 244 Å². The van der Waals surface area contributed by atoms with Gasteiger partial charge in [0.15, 0.2) is 0 Å². The van der Waals surface area contributed by atoms with E-state index >= 15 is 0 Å². The predicted molar refractivity (Wildman–Crippen MR) is 161 cm³/mol. The predicted octanol–water partition coefficient (Wildman–Crippen LogP) is 5.69. The number of carbonyl (C=O) groups excluding carboxylic acids is 1. The SMILES string of the molecule is Cc1cccc(C)c1-c1cc2nc(n1)NSc1cccc(c1)C(=O)N(Cc1cncc(N(C)C3CCC3)n1)CCO2. The van der Waals surface area contributed by atoms with Crippen LogP contribution < -0.4 is 14.4 Å². The van der Waals surface area contributed by atoms with Crippen molar-refractivity contribution in [2.75, 3.05) is 29.8 Å². The normalized spacial score (nSPS) is 15.5. The van der Waals surface area contributed by atoms with Gasteiger partial charge in [0.05, 0.1) is 36.9 Å². The molecule has 41 heavy (non-hydrogen) atoms. The Morgan fingerprint density at radius 1 is 1.05 bits per heavy atom. The molecule has 6 rings (SSSR count). The molecule has 0 radical (unpaired) electrons. The van der Waals surface area contributed by atoms with Crippen molar-refractivity contribution in [3.05, 3.63) is 83.3 Å². The maximum Gasteiger partial charge on any atom is 0.254 e. The summed E-state index contributed by atoms with van der Waals surface area (Å²) in [5.74, 6) is 1.63. The molecule has 9 nitrogen and oxygen atoms in total. The molecule has 0 atom stereocenters. The zero-order valence-electron chi connectivity index (χ0n) is 23.5. The van der Waals surface area contributed by atoms with Crippen molar-refractivity contribution in [3.63, 3.8) is 0 Å². The third-order valence-electron chi connectivity index (χ3n) is 7.69. The second-order valence-corrected chi connectivity index (χ2v) is 11.4. The number of carbonyl (C=O) groups is 1. The number of amides is 1. The van der Waals surface area contributed by atoms with Crippen LogP contribution in [0.4, 0.5) is 11.8 Å². The van der Waals surface area contributed by atoms with E-state index in [0.717, 1.165) is 38.8 Å². The van der Waals surface area contributed by atoms with Gasteiger partial charge in [0.25, 0.3) is 5.91 Å². The van der Waals surface area contributed by atoms with Crippen LogP contribution in [-0.2, 0) is 6.54 Å². The minimum atomic E-state index is -0.0936. The van der Waals surface area contributed by atoms with Crippen molar-refractivity contribution in [2.24, 2.45) is 0 Å². The lowest BCUT2D eigenvalue weighted by Crippen LogP contribution is -2.38. The van der Waals surface area contributed by atoms with Gasteiger partial charge < -0.3 is 14.5 Å². The zero-order valence-corrected chi connectivity index (χ0v) is 24.3. The van der Waals surface area contributed by atoms with Crippen molar-refractivity contribution in [1.29, 1.82) is 0 Å². The molecule has 1 amide bonds. The monoisotopic (exact) mass is 567 g/mol. The Bertz CT molecular complexity index is 1560. The Balaban J connectivity index is 1.30. The van der Waals surface area contributed by atoms with Gasteiger partial charge in [-0.05, 0) is 74.4 Å². The molecule has 210 valence electrons. The topological polar surface area (TPSA) is 96.4 Å². The van der Waals surface area contributed by atoms with E-state index in [1.807, 2.05) is 36.4 Å². The number of ether oxygens (including phenoxy) is 1. The number of nitrogens with one attached hydrogen (secondary N) is 1. The lowest BCUT2D eigenvalue weighted by atomic mass is 9.92. The summed E-state index contributed by atoms with van der Waals surface area (Å²) in [5.41, 5.74) is 5.42. The molecule has 0 spiro atoms.